The maximum absolute atomic E-state index is 12.0. The van der Waals surface area contributed by atoms with E-state index in [0.717, 1.165) is 43.9 Å². The first kappa shape index (κ1) is 15.3. The minimum absolute atomic E-state index is 0.104. The third-order valence-corrected chi connectivity index (χ3v) is 4.22. The van der Waals surface area contributed by atoms with Gasteiger partial charge in [0.2, 0.25) is 5.91 Å². The van der Waals surface area contributed by atoms with Crippen LogP contribution in [0, 0.1) is 0 Å². The van der Waals surface area contributed by atoms with Gasteiger partial charge in [-0.05, 0) is 13.3 Å². The summed E-state index contributed by atoms with van der Waals surface area (Å²) < 4.78 is 0. The Morgan fingerprint density at radius 2 is 2.20 bits per heavy atom. The molecule has 1 aliphatic rings. The summed E-state index contributed by atoms with van der Waals surface area (Å²) >= 11 is 6.19. The van der Waals surface area contributed by atoms with E-state index in [2.05, 4.69) is 21.8 Å². The number of aryl methyl sites for hydroxylation is 1. The van der Waals surface area contributed by atoms with E-state index in [1.54, 1.807) is 4.90 Å². The predicted octanol–water partition coefficient (Wildman–Crippen LogP) is 2.07. The molecule has 1 aromatic heterocycles. The highest BCUT2D eigenvalue weighted by molar-refractivity contribution is 6.30. The zero-order chi connectivity index (χ0) is 14.7. The number of likely N-dealkylation sites (N-methyl/N-ethyl adjacent to an activating group) is 1. The van der Waals surface area contributed by atoms with Crippen molar-refractivity contribution >= 4 is 17.5 Å². The van der Waals surface area contributed by atoms with Crippen LogP contribution in [0.5, 0.6) is 0 Å². The molecule has 1 unspecified atom stereocenters. The fourth-order valence-electron chi connectivity index (χ4n) is 2.48. The van der Waals surface area contributed by atoms with Crippen molar-refractivity contribution in [1.82, 2.24) is 19.8 Å². The number of piperazine rings is 1. The fourth-order valence-corrected chi connectivity index (χ4v) is 2.69. The number of aromatic nitrogens is 2. The van der Waals surface area contributed by atoms with Crippen LogP contribution in [0.3, 0.4) is 0 Å². The van der Waals surface area contributed by atoms with Gasteiger partial charge in [0, 0.05) is 33.1 Å². The van der Waals surface area contributed by atoms with Crippen LogP contribution in [0.1, 0.15) is 38.2 Å². The van der Waals surface area contributed by atoms with Gasteiger partial charge in [-0.25, -0.2) is 4.98 Å². The molecule has 0 spiro atoms. The Hall–Kier alpha value is -1.07. The van der Waals surface area contributed by atoms with E-state index in [4.69, 9.17) is 11.6 Å². The van der Waals surface area contributed by atoms with E-state index >= 15 is 0 Å². The maximum Gasteiger partial charge on any atom is 0.239 e. The van der Waals surface area contributed by atoms with Crippen molar-refractivity contribution in [2.45, 2.75) is 45.7 Å². The van der Waals surface area contributed by atoms with E-state index in [1.807, 2.05) is 14.0 Å². The molecule has 1 saturated heterocycles. The van der Waals surface area contributed by atoms with E-state index in [0.29, 0.717) is 11.7 Å². The summed E-state index contributed by atoms with van der Waals surface area (Å²) in [7, 11) is 1.85. The molecule has 0 saturated carbocycles. The third kappa shape index (κ3) is 3.33. The van der Waals surface area contributed by atoms with Crippen molar-refractivity contribution in [2.24, 2.45) is 0 Å². The van der Waals surface area contributed by atoms with Crippen LogP contribution in [-0.2, 0) is 17.8 Å². The van der Waals surface area contributed by atoms with Gasteiger partial charge < -0.3 is 9.88 Å². The summed E-state index contributed by atoms with van der Waals surface area (Å²) in [4.78, 5) is 23.6. The van der Waals surface area contributed by atoms with Crippen molar-refractivity contribution in [3.8, 4) is 0 Å². The van der Waals surface area contributed by atoms with Gasteiger partial charge in [-0.1, -0.05) is 24.9 Å². The van der Waals surface area contributed by atoms with E-state index < -0.39 is 0 Å². The number of nitrogens with one attached hydrogen (secondary N) is 1. The molecule has 2 rings (SSSR count). The van der Waals surface area contributed by atoms with E-state index in [9.17, 15) is 4.79 Å². The summed E-state index contributed by atoms with van der Waals surface area (Å²) in [6, 6.07) is -0.104. The molecule has 2 heterocycles. The van der Waals surface area contributed by atoms with Gasteiger partial charge in [0.05, 0.1) is 11.7 Å². The van der Waals surface area contributed by atoms with Gasteiger partial charge in [0.25, 0.3) is 0 Å². The van der Waals surface area contributed by atoms with Crippen molar-refractivity contribution in [2.75, 3.05) is 20.1 Å². The van der Waals surface area contributed by atoms with Crippen LogP contribution in [0.4, 0.5) is 0 Å². The Morgan fingerprint density at radius 1 is 1.45 bits per heavy atom. The number of halogens is 1. The fraction of sp³-hybridized carbons (Fsp3) is 0.714. The number of H-pyrrole nitrogens is 1. The first-order valence-corrected chi connectivity index (χ1v) is 7.63. The Morgan fingerprint density at radius 3 is 2.90 bits per heavy atom. The number of aromatic amines is 1. The topological polar surface area (TPSA) is 52.2 Å². The molecule has 20 heavy (non-hydrogen) atoms. The molecule has 0 radical (unpaired) electrons. The lowest BCUT2D eigenvalue weighted by Gasteiger charge is -2.37. The molecule has 0 bridgehead atoms. The van der Waals surface area contributed by atoms with Crippen LogP contribution >= 0.6 is 11.6 Å². The largest absolute Gasteiger partial charge is 0.344 e. The standard InChI is InChI=1S/C14H23ClN4O/c1-4-5-6-12-16-11(13(15)17-12)9-19-8-7-18(3)14(20)10(19)2/h10H,4-9H2,1-3H3,(H,16,17). The number of nitrogens with zero attached hydrogens (tertiary/aromatic N) is 3. The lowest BCUT2D eigenvalue weighted by molar-refractivity contribution is -0.139. The van der Waals surface area contributed by atoms with Gasteiger partial charge >= 0.3 is 0 Å². The molecule has 1 N–H and O–H groups in total. The molecular weight excluding hydrogens is 276 g/mol. The molecule has 0 aliphatic carbocycles. The van der Waals surface area contributed by atoms with Crippen LogP contribution in [0.15, 0.2) is 0 Å². The molecule has 1 aromatic rings. The number of carbonyl (C=O) groups excluding carboxylic acids is 1. The molecule has 5 nitrogen and oxygen atoms in total. The summed E-state index contributed by atoms with van der Waals surface area (Å²) in [5.41, 5.74) is 0.918. The molecule has 1 fully saturated rings. The average molecular weight is 299 g/mol. The lowest BCUT2D eigenvalue weighted by Crippen LogP contribution is -2.53. The summed E-state index contributed by atoms with van der Waals surface area (Å²) in [6.07, 6.45) is 3.16. The Labute approximate surface area is 125 Å². The number of carbonyl (C=O) groups is 1. The van der Waals surface area contributed by atoms with Crippen LogP contribution in [-0.4, -0.2) is 51.9 Å². The zero-order valence-corrected chi connectivity index (χ0v) is 13.2. The molecular formula is C14H23ClN4O. The number of hydrogen-bond donors (Lipinski definition) is 1. The zero-order valence-electron chi connectivity index (χ0n) is 12.4. The number of hydrogen-bond acceptors (Lipinski definition) is 3. The third-order valence-electron chi connectivity index (χ3n) is 3.91. The Kier molecular flexibility index (Phi) is 5.05. The highest BCUT2D eigenvalue weighted by atomic mass is 35.5. The van der Waals surface area contributed by atoms with Gasteiger partial charge in [-0.2, -0.15) is 0 Å². The van der Waals surface area contributed by atoms with Crippen LogP contribution in [0.2, 0.25) is 5.15 Å². The van der Waals surface area contributed by atoms with Crippen LogP contribution < -0.4 is 0 Å². The predicted molar refractivity (Wildman–Crippen MR) is 79.7 cm³/mol. The van der Waals surface area contributed by atoms with Crippen molar-refractivity contribution in [3.05, 3.63) is 16.7 Å². The first-order chi connectivity index (χ1) is 9.52. The Balaban J connectivity index is 2.02. The van der Waals surface area contributed by atoms with Crippen molar-refractivity contribution < 1.29 is 4.79 Å². The minimum atomic E-state index is -0.104. The number of imidazole rings is 1. The van der Waals surface area contributed by atoms with Crippen LogP contribution in [0.25, 0.3) is 0 Å². The first-order valence-electron chi connectivity index (χ1n) is 7.25. The normalized spacial score (nSPS) is 20.7. The quantitative estimate of drug-likeness (QED) is 0.905. The minimum Gasteiger partial charge on any atom is -0.344 e. The van der Waals surface area contributed by atoms with Gasteiger partial charge in [0.1, 0.15) is 5.82 Å². The molecule has 112 valence electrons. The van der Waals surface area contributed by atoms with Gasteiger partial charge in [0.15, 0.2) is 5.15 Å². The smallest absolute Gasteiger partial charge is 0.239 e. The number of amides is 1. The summed E-state index contributed by atoms with van der Waals surface area (Å²) in [5.74, 6) is 1.11. The lowest BCUT2D eigenvalue weighted by atomic mass is 10.2. The van der Waals surface area contributed by atoms with E-state index in [-0.39, 0.29) is 11.9 Å². The molecule has 0 aromatic carbocycles. The Bertz CT molecular complexity index is 474. The highest BCUT2D eigenvalue weighted by Gasteiger charge is 2.30. The summed E-state index contributed by atoms with van der Waals surface area (Å²) in [5, 5.41) is 0.537. The second-order valence-corrected chi connectivity index (χ2v) is 5.82. The number of unbranched alkanes of at least 4 members (excludes halogenated alkanes) is 1. The second kappa shape index (κ2) is 6.59. The molecule has 6 heteroatoms. The van der Waals surface area contributed by atoms with Crippen molar-refractivity contribution in [3.63, 3.8) is 0 Å². The monoisotopic (exact) mass is 298 g/mol. The summed E-state index contributed by atoms with van der Waals surface area (Å²) in [6.45, 7) is 6.38. The van der Waals surface area contributed by atoms with E-state index in [1.165, 1.54) is 0 Å². The van der Waals surface area contributed by atoms with Gasteiger partial charge in [-0.3, -0.25) is 9.69 Å². The maximum atomic E-state index is 12.0. The second-order valence-electron chi connectivity index (χ2n) is 5.46. The molecule has 1 amide bonds. The van der Waals surface area contributed by atoms with Gasteiger partial charge in [-0.15, -0.1) is 0 Å². The highest BCUT2D eigenvalue weighted by Crippen LogP contribution is 2.19. The molecule has 1 atom stereocenters. The number of rotatable bonds is 5. The van der Waals surface area contributed by atoms with Crippen molar-refractivity contribution in [1.29, 1.82) is 0 Å². The SMILES string of the molecule is CCCCc1nc(Cl)c(CN2CCN(C)C(=O)C2C)[nH]1. The average Bonchev–Trinajstić information content (AvgIpc) is 2.77. The molecule has 1 aliphatic heterocycles.